The molecule has 0 aliphatic rings. The second-order valence-electron chi connectivity index (χ2n) is 4.72. The number of rotatable bonds is 5. The molecular formula is C17H20ClN3O. The summed E-state index contributed by atoms with van der Waals surface area (Å²) >= 11 is 5.97. The van der Waals surface area contributed by atoms with E-state index in [0.29, 0.717) is 11.6 Å². The van der Waals surface area contributed by atoms with E-state index in [1.165, 1.54) is 5.56 Å². The number of hydrogen-bond donors (Lipinski definition) is 2. The predicted octanol–water partition coefficient (Wildman–Crippen LogP) is 3.21. The van der Waals surface area contributed by atoms with Crippen molar-refractivity contribution in [3.05, 3.63) is 64.7 Å². The Kier molecular flexibility index (Phi) is 6.10. The Morgan fingerprint density at radius 1 is 1.09 bits per heavy atom. The van der Waals surface area contributed by atoms with Crippen molar-refractivity contribution in [2.75, 3.05) is 14.2 Å². The van der Waals surface area contributed by atoms with Crippen LogP contribution in [0.4, 0.5) is 0 Å². The van der Waals surface area contributed by atoms with Gasteiger partial charge in [-0.25, -0.2) is 0 Å². The second kappa shape index (κ2) is 8.29. The maximum Gasteiger partial charge on any atom is 0.191 e. The summed E-state index contributed by atoms with van der Waals surface area (Å²) in [6.45, 7) is 1.33. The van der Waals surface area contributed by atoms with E-state index in [1.54, 1.807) is 20.2 Å². The molecule has 0 unspecified atom stereocenters. The van der Waals surface area contributed by atoms with E-state index >= 15 is 0 Å². The fourth-order valence-corrected chi connectivity index (χ4v) is 2.21. The Balaban J connectivity index is 1.91. The first-order valence-electron chi connectivity index (χ1n) is 7.04. The van der Waals surface area contributed by atoms with E-state index in [9.17, 15) is 0 Å². The molecule has 2 aromatic carbocycles. The molecule has 0 spiro atoms. The summed E-state index contributed by atoms with van der Waals surface area (Å²) in [7, 11) is 3.39. The van der Waals surface area contributed by atoms with Crippen molar-refractivity contribution in [2.24, 2.45) is 4.99 Å². The van der Waals surface area contributed by atoms with Crippen LogP contribution in [0.2, 0.25) is 5.02 Å². The normalized spacial score (nSPS) is 11.1. The predicted molar refractivity (Wildman–Crippen MR) is 91.5 cm³/mol. The highest BCUT2D eigenvalue weighted by molar-refractivity contribution is 6.30. The lowest BCUT2D eigenvalue weighted by molar-refractivity contribution is 0.409. The minimum Gasteiger partial charge on any atom is -0.496 e. The third-order valence-corrected chi connectivity index (χ3v) is 3.46. The Hall–Kier alpha value is -2.20. The maximum absolute atomic E-state index is 5.97. The zero-order valence-corrected chi connectivity index (χ0v) is 13.5. The number of benzene rings is 2. The van der Waals surface area contributed by atoms with Crippen LogP contribution in [0.15, 0.2) is 53.5 Å². The number of halogens is 1. The third kappa shape index (κ3) is 4.67. The Bertz CT molecular complexity index is 629. The van der Waals surface area contributed by atoms with Crippen molar-refractivity contribution in [1.29, 1.82) is 0 Å². The van der Waals surface area contributed by atoms with E-state index in [0.717, 1.165) is 23.8 Å². The third-order valence-electron chi connectivity index (χ3n) is 3.22. The first kappa shape index (κ1) is 16.2. The van der Waals surface area contributed by atoms with Crippen LogP contribution in [0.3, 0.4) is 0 Å². The molecule has 0 fully saturated rings. The lowest BCUT2D eigenvalue weighted by Gasteiger charge is -2.14. The zero-order chi connectivity index (χ0) is 15.8. The second-order valence-corrected chi connectivity index (χ2v) is 5.16. The van der Waals surface area contributed by atoms with Crippen molar-refractivity contribution < 1.29 is 4.74 Å². The minimum absolute atomic E-state index is 0.606. The van der Waals surface area contributed by atoms with E-state index in [2.05, 4.69) is 27.8 Å². The topological polar surface area (TPSA) is 45.7 Å². The average Bonchev–Trinajstić information content (AvgIpc) is 2.56. The van der Waals surface area contributed by atoms with Crippen molar-refractivity contribution in [2.45, 2.75) is 13.1 Å². The van der Waals surface area contributed by atoms with Gasteiger partial charge in [-0.15, -0.1) is 0 Å². The van der Waals surface area contributed by atoms with Gasteiger partial charge in [0.1, 0.15) is 5.75 Å². The molecule has 0 heterocycles. The van der Waals surface area contributed by atoms with Crippen LogP contribution in [0.25, 0.3) is 0 Å². The van der Waals surface area contributed by atoms with Gasteiger partial charge in [-0.3, -0.25) is 4.99 Å². The van der Waals surface area contributed by atoms with Gasteiger partial charge in [0.25, 0.3) is 0 Å². The highest BCUT2D eigenvalue weighted by atomic mass is 35.5. The van der Waals surface area contributed by atoms with Gasteiger partial charge in [-0.2, -0.15) is 0 Å². The SMILES string of the molecule is CN=C(NCc1ccccc1)NCc1ccc(Cl)cc1OC. The van der Waals surface area contributed by atoms with Crippen LogP contribution in [0.5, 0.6) is 5.75 Å². The van der Waals surface area contributed by atoms with E-state index < -0.39 is 0 Å². The lowest BCUT2D eigenvalue weighted by atomic mass is 10.2. The van der Waals surface area contributed by atoms with E-state index in [1.807, 2.05) is 30.3 Å². The van der Waals surface area contributed by atoms with E-state index in [4.69, 9.17) is 16.3 Å². The first-order chi connectivity index (χ1) is 10.7. The monoisotopic (exact) mass is 317 g/mol. The van der Waals surface area contributed by atoms with Crippen LogP contribution in [0, 0.1) is 0 Å². The molecule has 2 aromatic rings. The summed E-state index contributed by atoms with van der Waals surface area (Å²) in [5, 5.41) is 7.20. The van der Waals surface area contributed by atoms with Gasteiger partial charge in [0, 0.05) is 30.7 Å². The molecular weight excluding hydrogens is 298 g/mol. The van der Waals surface area contributed by atoms with Gasteiger partial charge in [0.15, 0.2) is 5.96 Å². The molecule has 0 amide bonds. The lowest BCUT2D eigenvalue weighted by Crippen LogP contribution is -2.36. The number of aliphatic imine (C=N–C) groups is 1. The average molecular weight is 318 g/mol. The fourth-order valence-electron chi connectivity index (χ4n) is 2.05. The van der Waals surface area contributed by atoms with Crippen LogP contribution < -0.4 is 15.4 Å². The maximum atomic E-state index is 5.97. The number of nitrogens with one attached hydrogen (secondary N) is 2. The molecule has 0 saturated carbocycles. The molecule has 0 radical (unpaired) electrons. The number of methoxy groups -OCH3 is 1. The van der Waals surface area contributed by atoms with Crippen molar-refractivity contribution in [1.82, 2.24) is 10.6 Å². The molecule has 4 nitrogen and oxygen atoms in total. The molecule has 22 heavy (non-hydrogen) atoms. The van der Waals surface area contributed by atoms with Crippen LogP contribution >= 0.6 is 11.6 Å². The molecule has 0 aromatic heterocycles. The molecule has 0 atom stereocenters. The van der Waals surface area contributed by atoms with Crippen LogP contribution in [-0.2, 0) is 13.1 Å². The van der Waals surface area contributed by atoms with Gasteiger partial charge in [-0.1, -0.05) is 48.0 Å². The van der Waals surface area contributed by atoms with Crippen molar-refractivity contribution in [3.63, 3.8) is 0 Å². The highest BCUT2D eigenvalue weighted by Gasteiger charge is 2.05. The minimum atomic E-state index is 0.606. The van der Waals surface area contributed by atoms with Crippen molar-refractivity contribution >= 4 is 17.6 Å². The summed E-state index contributed by atoms with van der Waals surface area (Å²) in [6.07, 6.45) is 0. The van der Waals surface area contributed by atoms with E-state index in [-0.39, 0.29) is 0 Å². The summed E-state index contributed by atoms with van der Waals surface area (Å²) in [5.74, 6) is 1.50. The fraction of sp³-hybridized carbons (Fsp3) is 0.235. The highest BCUT2D eigenvalue weighted by Crippen LogP contribution is 2.22. The Morgan fingerprint density at radius 3 is 2.50 bits per heavy atom. The number of ether oxygens (including phenoxy) is 1. The summed E-state index contributed by atoms with van der Waals surface area (Å²) in [5.41, 5.74) is 2.23. The Morgan fingerprint density at radius 2 is 1.82 bits per heavy atom. The smallest absolute Gasteiger partial charge is 0.191 e. The summed E-state index contributed by atoms with van der Waals surface area (Å²) < 4.78 is 5.34. The van der Waals surface area contributed by atoms with Crippen LogP contribution in [0.1, 0.15) is 11.1 Å². The van der Waals surface area contributed by atoms with Crippen LogP contribution in [-0.4, -0.2) is 20.1 Å². The molecule has 0 aliphatic heterocycles. The number of guanidine groups is 1. The first-order valence-corrected chi connectivity index (χ1v) is 7.41. The van der Waals surface area contributed by atoms with Gasteiger partial charge in [0.05, 0.1) is 7.11 Å². The Labute approximate surface area is 136 Å². The van der Waals surface area contributed by atoms with Gasteiger partial charge < -0.3 is 15.4 Å². The largest absolute Gasteiger partial charge is 0.496 e. The zero-order valence-electron chi connectivity index (χ0n) is 12.8. The summed E-state index contributed by atoms with van der Waals surface area (Å²) in [6, 6.07) is 15.8. The molecule has 116 valence electrons. The van der Waals surface area contributed by atoms with Gasteiger partial charge in [0.2, 0.25) is 0 Å². The molecule has 0 saturated heterocycles. The standard InChI is InChI=1S/C17H20ClN3O/c1-19-17(20-11-13-6-4-3-5-7-13)21-12-14-8-9-15(18)10-16(14)22-2/h3-10H,11-12H2,1-2H3,(H2,19,20,21). The number of nitrogens with zero attached hydrogens (tertiary/aromatic N) is 1. The van der Waals surface area contributed by atoms with Crippen molar-refractivity contribution in [3.8, 4) is 5.75 Å². The molecule has 5 heteroatoms. The van der Waals surface area contributed by atoms with Gasteiger partial charge >= 0.3 is 0 Å². The molecule has 0 bridgehead atoms. The molecule has 0 aliphatic carbocycles. The molecule has 2 rings (SSSR count). The number of hydrogen-bond acceptors (Lipinski definition) is 2. The summed E-state index contributed by atoms with van der Waals surface area (Å²) in [4.78, 5) is 4.22. The molecule has 2 N–H and O–H groups in total. The quantitative estimate of drug-likeness (QED) is 0.657. The van der Waals surface area contributed by atoms with Gasteiger partial charge in [-0.05, 0) is 17.7 Å².